The molecular weight excluding hydrogens is 386 g/mol. The number of nitrogens with zero attached hydrogens (tertiary/aromatic N) is 1. The van der Waals surface area contributed by atoms with Crippen LogP contribution >= 0.6 is 22.9 Å². The first kappa shape index (κ1) is 19.2. The van der Waals surface area contributed by atoms with Crippen LogP contribution in [0.15, 0.2) is 47.8 Å². The van der Waals surface area contributed by atoms with Gasteiger partial charge in [0.25, 0.3) is 0 Å². The van der Waals surface area contributed by atoms with Gasteiger partial charge in [-0.2, -0.15) is 0 Å². The molecule has 140 valence electrons. The van der Waals surface area contributed by atoms with E-state index in [2.05, 4.69) is 9.72 Å². The summed E-state index contributed by atoms with van der Waals surface area (Å²) in [7, 11) is 1.32. The Morgan fingerprint density at radius 3 is 2.74 bits per heavy atom. The lowest BCUT2D eigenvalue weighted by Gasteiger charge is -2.10. The lowest BCUT2D eigenvalue weighted by molar-refractivity contribution is -0.142. The number of carbonyl (C=O) groups is 1. The third-order valence-electron chi connectivity index (χ3n) is 3.78. The van der Waals surface area contributed by atoms with E-state index in [1.807, 2.05) is 42.6 Å². The fourth-order valence-electron chi connectivity index (χ4n) is 2.38. The number of aryl methyl sites for hydroxylation is 1. The summed E-state index contributed by atoms with van der Waals surface area (Å²) in [5.74, 6) is 0.892. The minimum atomic E-state index is -0.423. The van der Waals surface area contributed by atoms with Crippen LogP contribution in [-0.2, 0) is 16.1 Å². The first-order chi connectivity index (χ1) is 13.1. The fourth-order valence-corrected chi connectivity index (χ4v) is 3.32. The molecule has 7 heteroatoms. The van der Waals surface area contributed by atoms with E-state index in [0.717, 1.165) is 21.8 Å². The molecule has 0 aliphatic rings. The number of hydrogen-bond acceptors (Lipinski definition) is 6. The standard InChI is InChI=1S/C20H18ClNO4S/c1-13-9-14(7-8-18(13)26-11-20(23)24-2)25-10-19-22-17(12-27-19)15-5-3-4-6-16(15)21/h3-9,12H,10-11H2,1-2H3. The second kappa shape index (κ2) is 8.88. The summed E-state index contributed by atoms with van der Waals surface area (Å²) in [4.78, 5) is 15.7. The highest BCUT2D eigenvalue weighted by atomic mass is 35.5. The highest BCUT2D eigenvalue weighted by Gasteiger charge is 2.09. The van der Waals surface area contributed by atoms with Crippen LogP contribution in [-0.4, -0.2) is 24.7 Å². The van der Waals surface area contributed by atoms with Crippen molar-refractivity contribution in [2.75, 3.05) is 13.7 Å². The van der Waals surface area contributed by atoms with Gasteiger partial charge in [-0.3, -0.25) is 0 Å². The minimum absolute atomic E-state index is 0.124. The van der Waals surface area contributed by atoms with E-state index < -0.39 is 5.97 Å². The molecule has 0 saturated heterocycles. The Labute approximate surface area is 166 Å². The van der Waals surface area contributed by atoms with Crippen molar-refractivity contribution in [2.45, 2.75) is 13.5 Å². The molecule has 0 atom stereocenters. The summed E-state index contributed by atoms with van der Waals surface area (Å²) in [5, 5.41) is 3.50. The lowest BCUT2D eigenvalue weighted by Crippen LogP contribution is -2.13. The largest absolute Gasteiger partial charge is 0.486 e. The summed E-state index contributed by atoms with van der Waals surface area (Å²) >= 11 is 7.74. The molecule has 3 rings (SSSR count). The monoisotopic (exact) mass is 403 g/mol. The van der Waals surface area contributed by atoms with Gasteiger partial charge in [0, 0.05) is 16.0 Å². The molecule has 0 saturated carbocycles. The molecule has 1 heterocycles. The van der Waals surface area contributed by atoms with Crippen LogP contribution < -0.4 is 9.47 Å². The molecule has 5 nitrogen and oxygen atoms in total. The van der Waals surface area contributed by atoms with E-state index >= 15 is 0 Å². The van der Waals surface area contributed by atoms with Crippen molar-refractivity contribution in [3.63, 3.8) is 0 Å². The predicted molar refractivity (Wildman–Crippen MR) is 106 cm³/mol. The van der Waals surface area contributed by atoms with E-state index in [1.54, 1.807) is 12.1 Å². The van der Waals surface area contributed by atoms with Crippen molar-refractivity contribution in [1.29, 1.82) is 0 Å². The Kier molecular flexibility index (Phi) is 6.32. The molecule has 3 aromatic rings. The smallest absolute Gasteiger partial charge is 0.343 e. The van der Waals surface area contributed by atoms with Crippen LogP contribution in [0.4, 0.5) is 0 Å². The Balaban J connectivity index is 1.61. The van der Waals surface area contributed by atoms with Crippen LogP contribution in [0.1, 0.15) is 10.6 Å². The van der Waals surface area contributed by atoms with Crippen LogP contribution in [0.2, 0.25) is 5.02 Å². The predicted octanol–water partition coefficient (Wildman–Crippen LogP) is 4.90. The number of rotatable bonds is 7. The highest BCUT2D eigenvalue weighted by Crippen LogP contribution is 2.29. The fraction of sp³-hybridized carbons (Fsp3) is 0.200. The van der Waals surface area contributed by atoms with Gasteiger partial charge in [0.05, 0.1) is 12.8 Å². The van der Waals surface area contributed by atoms with Gasteiger partial charge in [0.15, 0.2) is 6.61 Å². The van der Waals surface area contributed by atoms with Gasteiger partial charge in [0.2, 0.25) is 0 Å². The third kappa shape index (κ3) is 4.99. The van der Waals surface area contributed by atoms with Crippen LogP contribution in [0, 0.1) is 6.92 Å². The van der Waals surface area contributed by atoms with E-state index in [-0.39, 0.29) is 6.61 Å². The molecule has 0 unspecified atom stereocenters. The number of hydrogen-bond donors (Lipinski definition) is 0. The molecule has 0 aliphatic heterocycles. The maximum atomic E-state index is 11.2. The molecule has 0 spiro atoms. The van der Waals surface area contributed by atoms with Gasteiger partial charge in [-0.05, 0) is 36.8 Å². The SMILES string of the molecule is COC(=O)COc1ccc(OCc2nc(-c3ccccc3Cl)cs2)cc1C. The maximum Gasteiger partial charge on any atom is 0.343 e. The van der Waals surface area contributed by atoms with Crippen molar-refractivity contribution in [3.8, 4) is 22.8 Å². The van der Waals surface area contributed by atoms with Crippen molar-refractivity contribution in [1.82, 2.24) is 4.98 Å². The average Bonchev–Trinajstić information content (AvgIpc) is 3.14. The topological polar surface area (TPSA) is 57.7 Å². The molecule has 0 fully saturated rings. The summed E-state index contributed by atoms with van der Waals surface area (Å²) in [6.07, 6.45) is 0. The molecular formula is C20H18ClNO4S. The van der Waals surface area contributed by atoms with E-state index in [9.17, 15) is 4.79 Å². The van der Waals surface area contributed by atoms with Gasteiger partial charge in [0.1, 0.15) is 23.1 Å². The second-order valence-electron chi connectivity index (χ2n) is 5.69. The number of esters is 1. The normalized spacial score (nSPS) is 10.5. The Morgan fingerprint density at radius 2 is 2.00 bits per heavy atom. The summed E-state index contributed by atoms with van der Waals surface area (Å²) < 4.78 is 15.8. The number of ether oxygens (including phenoxy) is 3. The number of carbonyl (C=O) groups excluding carboxylic acids is 1. The van der Waals surface area contributed by atoms with Crippen molar-refractivity contribution in [3.05, 3.63) is 63.4 Å². The summed E-state index contributed by atoms with van der Waals surface area (Å²) in [6.45, 7) is 2.12. The van der Waals surface area contributed by atoms with Gasteiger partial charge in [-0.1, -0.05) is 29.8 Å². The Bertz CT molecular complexity index is 941. The van der Waals surface area contributed by atoms with Crippen molar-refractivity contribution < 1.29 is 19.0 Å². The van der Waals surface area contributed by atoms with Gasteiger partial charge >= 0.3 is 5.97 Å². The molecule has 27 heavy (non-hydrogen) atoms. The van der Waals surface area contributed by atoms with Gasteiger partial charge < -0.3 is 14.2 Å². The first-order valence-electron chi connectivity index (χ1n) is 8.19. The molecule has 2 aromatic carbocycles. The van der Waals surface area contributed by atoms with E-state index in [1.165, 1.54) is 18.4 Å². The number of aromatic nitrogens is 1. The molecule has 0 bridgehead atoms. The average molecular weight is 404 g/mol. The molecule has 0 N–H and O–H groups in total. The zero-order chi connectivity index (χ0) is 19.2. The first-order valence-corrected chi connectivity index (χ1v) is 9.45. The van der Waals surface area contributed by atoms with Crippen LogP contribution in [0.25, 0.3) is 11.3 Å². The van der Waals surface area contributed by atoms with Gasteiger partial charge in [-0.25, -0.2) is 9.78 Å². The molecule has 0 aliphatic carbocycles. The third-order valence-corrected chi connectivity index (χ3v) is 4.94. The molecule has 1 aromatic heterocycles. The zero-order valence-corrected chi connectivity index (χ0v) is 16.5. The highest BCUT2D eigenvalue weighted by molar-refractivity contribution is 7.09. The van der Waals surface area contributed by atoms with Crippen molar-refractivity contribution in [2.24, 2.45) is 0 Å². The van der Waals surface area contributed by atoms with Gasteiger partial charge in [-0.15, -0.1) is 11.3 Å². The Morgan fingerprint density at radius 1 is 1.19 bits per heavy atom. The van der Waals surface area contributed by atoms with E-state index in [4.69, 9.17) is 21.1 Å². The lowest BCUT2D eigenvalue weighted by atomic mass is 10.2. The number of halogens is 1. The molecule has 0 amide bonds. The van der Waals surface area contributed by atoms with Crippen molar-refractivity contribution >= 4 is 28.9 Å². The Hall–Kier alpha value is -2.57. The van der Waals surface area contributed by atoms with E-state index in [0.29, 0.717) is 23.1 Å². The number of thiazole rings is 1. The summed E-state index contributed by atoms with van der Waals surface area (Å²) in [5.41, 5.74) is 2.61. The number of methoxy groups -OCH3 is 1. The quantitative estimate of drug-likeness (QED) is 0.525. The molecule has 0 radical (unpaired) electrons. The minimum Gasteiger partial charge on any atom is -0.486 e. The zero-order valence-electron chi connectivity index (χ0n) is 14.9. The second-order valence-corrected chi connectivity index (χ2v) is 7.04. The number of benzene rings is 2. The summed E-state index contributed by atoms with van der Waals surface area (Å²) in [6, 6.07) is 13.0. The van der Waals surface area contributed by atoms with Crippen LogP contribution in [0.3, 0.4) is 0 Å². The maximum absolute atomic E-state index is 11.2. The van der Waals surface area contributed by atoms with Crippen LogP contribution in [0.5, 0.6) is 11.5 Å².